The van der Waals surface area contributed by atoms with E-state index in [9.17, 15) is 5.11 Å². The third-order valence-electron chi connectivity index (χ3n) is 4.35. The molecule has 0 unspecified atom stereocenters. The molecule has 0 aliphatic rings. The van der Waals surface area contributed by atoms with E-state index < -0.39 is 8.80 Å². The monoisotopic (exact) mass is 362 g/mol. The molecule has 2 aromatic carbocycles. The first-order chi connectivity index (χ1) is 12.1. The van der Waals surface area contributed by atoms with Crippen LogP contribution in [0.4, 0.5) is 0 Å². The lowest BCUT2D eigenvalue weighted by molar-refractivity contribution is 0.123. The highest BCUT2D eigenvalue weighted by Gasteiger charge is 2.36. The first-order valence-corrected chi connectivity index (χ1v) is 10.1. The first kappa shape index (κ1) is 19.5. The van der Waals surface area contributed by atoms with Gasteiger partial charge in [-0.1, -0.05) is 18.2 Å². The lowest BCUT2D eigenvalue weighted by atomic mass is 9.96. The van der Waals surface area contributed by atoms with Gasteiger partial charge in [-0.05, 0) is 53.8 Å². The molecule has 5 nitrogen and oxygen atoms in total. The fourth-order valence-corrected chi connectivity index (χ4v) is 4.61. The molecule has 0 aliphatic carbocycles. The second kappa shape index (κ2) is 9.01. The van der Waals surface area contributed by atoms with Crippen molar-refractivity contribution in [2.24, 2.45) is 0 Å². The molecule has 0 saturated heterocycles. The van der Waals surface area contributed by atoms with E-state index in [4.69, 9.17) is 18.0 Å². The number of phenols is 1. The average Bonchev–Trinajstić information content (AvgIpc) is 2.66. The molecule has 0 aromatic heterocycles. The quantitative estimate of drug-likeness (QED) is 0.686. The van der Waals surface area contributed by atoms with Crippen LogP contribution in [0, 0.1) is 0 Å². The van der Waals surface area contributed by atoms with Crippen molar-refractivity contribution in [1.29, 1.82) is 0 Å². The predicted octanol–water partition coefficient (Wildman–Crippen LogP) is 3.88. The highest BCUT2D eigenvalue weighted by Crippen LogP contribution is 2.30. The van der Waals surface area contributed by atoms with Gasteiger partial charge in [0.25, 0.3) is 0 Å². The molecule has 0 fully saturated rings. The highest BCUT2D eigenvalue weighted by molar-refractivity contribution is 6.60. The number of hydrogen-bond donors (Lipinski definition) is 1. The van der Waals surface area contributed by atoms with E-state index >= 15 is 0 Å². The van der Waals surface area contributed by atoms with Crippen molar-refractivity contribution in [3.8, 4) is 22.6 Å². The molecular weight excluding hydrogens is 336 g/mol. The van der Waals surface area contributed by atoms with Gasteiger partial charge in [0.05, 0.1) is 7.11 Å². The molecule has 0 atom stereocenters. The molecule has 136 valence electrons. The molecule has 0 saturated carbocycles. The van der Waals surface area contributed by atoms with Gasteiger partial charge in [0, 0.05) is 27.4 Å². The largest absolute Gasteiger partial charge is 0.508 e. The van der Waals surface area contributed by atoms with Gasteiger partial charge in [-0.25, -0.2) is 0 Å². The third kappa shape index (κ3) is 4.82. The van der Waals surface area contributed by atoms with Gasteiger partial charge in [-0.2, -0.15) is 0 Å². The van der Waals surface area contributed by atoms with Crippen molar-refractivity contribution >= 4 is 8.80 Å². The van der Waals surface area contributed by atoms with E-state index in [1.165, 1.54) is 0 Å². The van der Waals surface area contributed by atoms with Crippen LogP contribution >= 0.6 is 0 Å². The summed E-state index contributed by atoms with van der Waals surface area (Å²) in [5.41, 5.74) is 3.26. The zero-order chi connectivity index (χ0) is 18.3. The average molecular weight is 362 g/mol. The van der Waals surface area contributed by atoms with Gasteiger partial charge < -0.3 is 23.1 Å². The maximum atomic E-state index is 9.88. The second-order valence-electron chi connectivity index (χ2n) is 5.72. The van der Waals surface area contributed by atoms with Crippen molar-refractivity contribution in [2.75, 3.05) is 28.4 Å². The molecule has 0 amide bonds. The van der Waals surface area contributed by atoms with E-state index in [1.54, 1.807) is 34.5 Å². The lowest BCUT2D eigenvalue weighted by Gasteiger charge is -2.24. The summed E-state index contributed by atoms with van der Waals surface area (Å²) in [5.74, 6) is 1.08. The summed E-state index contributed by atoms with van der Waals surface area (Å²) in [4.78, 5) is 0. The van der Waals surface area contributed by atoms with Crippen LogP contribution in [0.2, 0.25) is 6.04 Å². The maximum absolute atomic E-state index is 9.88. The number of aryl methyl sites for hydroxylation is 1. The van der Waals surface area contributed by atoms with E-state index in [0.717, 1.165) is 35.3 Å². The summed E-state index contributed by atoms with van der Waals surface area (Å²) >= 11 is 0. The second-order valence-corrected chi connectivity index (χ2v) is 8.81. The standard InChI is InChI=1S/C19H26O5Si/c1-21-18-10-7-15(8-11-18)19-12-9-17(20)14-16(19)6-5-13-25(22-2,23-3)24-4/h7-12,14,20H,5-6,13H2,1-4H3. The highest BCUT2D eigenvalue weighted by atomic mass is 28.4. The molecule has 6 heteroatoms. The van der Waals surface area contributed by atoms with Crippen LogP contribution in [-0.2, 0) is 19.7 Å². The first-order valence-electron chi connectivity index (χ1n) is 8.19. The van der Waals surface area contributed by atoms with E-state index in [2.05, 4.69) is 0 Å². The van der Waals surface area contributed by atoms with Crippen LogP contribution in [-0.4, -0.2) is 42.4 Å². The van der Waals surface area contributed by atoms with E-state index in [-0.39, 0.29) is 5.75 Å². The Balaban J connectivity index is 2.18. The Morgan fingerprint density at radius 1 is 0.880 bits per heavy atom. The lowest BCUT2D eigenvalue weighted by Crippen LogP contribution is -2.42. The predicted molar refractivity (Wildman–Crippen MR) is 100 cm³/mol. The summed E-state index contributed by atoms with van der Waals surface area (Å²) in [5, 5.41) is 9.88. The molecule has 2 rings (SSSR count). The van der Waals surface area contributed by atoms with Gasteiger partial charge in [0.1, 0.15) is 11.5 Å². The van der Waals surface area contributed by atoms with Crippen LogP contribution in [0.15, 0.2) is 42.5 Å². The number of hydrogen-bond acceptors (Lipinski definition) is 5. The van der Waals surface area contributed by atoms with Gasteiger partial charge >= 0.3 is 8.80 Å². The minimum atomic E-state index is -2.57. The smallest absolute Gasteiger partial charge is 0.500 e. The molecule has 0 spiro atoms. The Morgan fingerprint density at radius 3 is 2.08 bits per heavy atom. The topological polar surface area (TPSA) is 57.2 Å². The Labute approximate surface area is 150 Å². The maximum Gasteiger partial charge on any atom is 0.500 e. The van der Waals surface area contributed by atoms with Crippen LogP contribution < -0.4 is 4.74 Å². The third-order valence-corrected chi connectivity index (χ3v) is 7.18. The molecule has 1 N–H and O–H groups in total. The Morgan fingerprint density at radius 2 is 1.52 bits per heavy atom. The zero-order valence-electron chi connectivity index (χ0n) is 15.2. The number of methoxy groups -OCH3 is 1. The minimum Gasteiger partial charge on any atom is -0.508 e. The molecule has 2 aromatic rings. The van der Waals surface area contributed by atoms with Crippen LogP contribution in [0.3, 0.4) is 0 Å². The van der Waals surface area contributed by atoms with Gasteiger partial charge in [-0.15, -0.1) is 0 Å². The molecule has 0 heterocycles. The normalized spacial score (nSPS) is 11.5. The van der Waals surface area contributed by atoms with Crippen molar-refractivity contribution in [3.05, 3.63) is 48.0 Å². The summed E-state index contributed by atoms with van der Waals surface area (Å²) < 4.78 is 21.6. The van der Waals surface area contributed by atoms with Crippen LogP contribution in [0.25, 0.3) is 11.1 Å². The number of aromatic hydroxyl groups is 1. The number of ether oxygens (including phenoxy) is 1. The zero-order valence-corrected chi connectivity index (χ0v) is 16.2. The summed E-state index contributed by atoms with van der Waals surface area (Å²) in [6.07, 6.45) is 1.63. The van der Waals surface area contributed by atoms with Crippen molar-refractivity contribution in [3.63, 3.8) is 0 Å². The minimum absolute atomic E-state index is 0.265. The SMILES string of the molecule is COc1ccc(-c2ccc(O)cc2CCC[Si](OC)(OC)OC)cc1. The Kier molecular flexibility index (Phi) is 7.01. The van der Waals surface area contributed by atoms with Gasteiger partial charge in [-0.3, -0.25) is 0 Å². The van der Waals surface area contributed by atoms with Gasteiger partial charge in [0.15, 0.2) is 0 Å². The van der Waals surface area contributed by atoms with Crippen LogP contribution in [0.5, 0.6) is 11.5 Å². The van der Waals surface area contributed by atoms with Crippen LogP contribution in [0.1, 0.15) is 12.0 Å². The molecule has 0 radical (unpaired) electrons. The number of benzene rings is 2. The number of phenolic OH excluding ortho intramolecular Hbond substituents is 1. The molecule has 0 bridgehead atoms. The van der Waals surface area contributed by atoms with E-state index in [1.807, 2.05) is 36.4 Å². The Bertz CT molecular complexity index is 660. The molecule has 0 aliphatic heterocycles. The fraction of sp³-hybridized carbons (Fsp3) is 0.368. The molecule has 25 heavy (non-hydrogen) atoms. The van der Waals surface area contributed by atoms with Gasteiger partial charge in [0.2, 0.25) is 0 Å². The van der Waals surface area contributed by atoms with E-state index in [0.29, 0.717) is 6.04 Å². The van der Waals surface area contributed by atoms with Crippen molar-refractivity contribution < 1.29 is 23.1 Å². The van der Waals surface area contributed by atoms with Crippen molar-refractivity contribution in [2.45, 2.75) is 18.9 Å². The number of rotatable bonds is 9. The fourth-order valence-electron chi connectivity index (χ4n) is 2.89. The summed E-state index contributed by atoms with van der Waals surface area (Å²) in [6, 6.07) is 14.1. The summed E-state index contributed by atoms with van der Waals surface area (Å²) in [6.45, 7) is 0. The summed E-state index contributed by atoms with van der Waals surface area (Å²) in [7, 11) is 3.94. The van der Waals surface area contributed by atoms with Crippen molar-refractivity contribution in [1.82, 2.24) is 0 Å². The molecular formula is C19H26O5Si. The Hall–Kier alpha value is -1.86.